The van der Waals surface area contributed by atoms with Crippen LogP contribution in [-0.4, -0.2) is 46.2 Å². The Morgan fingerprint density at radius 3 is 2.86 bits per heavy atom. The van der Waals surface area contributed by atoms with Gasteiger partial charge in [-0.05, 0) is 18.6 Å². The molecule has 4 aromatic rings. The lowest BCUT2D eigenvalue weighted by atomic mass is 10.1. The topological polar surface area (TPSA) is 102 Å². The van der Waals surface area contributed by atoms with Gasteiger partial charge in [0.2, 0.25) is 11.8 Å². The number of methoxy groups -OCH3 is 2. The summed E-state index contributed by atoms with van der Waals surface area (Å²) in [5, 5.41) is 3.47. The number of aromatic amines is 1. The number of aromatic nitrogens is 4. The SMILES string of the molecule is COc1nc2ncsc2c(OC)c1-c1c[nH]c2nc(NC(=O)[C@@H]3C[C@@H]3F)ccc12. The van der Waals surface area contributed by atoms with E-state index in [0.29, 0.717) is 34.3 Å². The summed E-state index contributed by atoms with van der Waals surface area (Å²) >= 11 is 1.43. The van der Waals surface area contributed by atoms with Crippen LogP contribution in [0.15, 0.2) is 23.8 Å². The van der Waals surface area contributed by atoms with Gasteiger partial charge >= 0.3 is 0 Å². The molecule has 1 amide bonds. The molecule has 0 aliphatic heterocycles. The minimum Gasteiger partial charge on any atom is -0.494 e. The molecule has 0 spiro atoms. The van der Waals surface area contributed by atoms with Gasteiger partial charge in [-0.1, -0.05) is 0 Å². The monoisotopic (exact) mass is 413 g/mol. The van der Waals surface area contributed by atoms with Crippen LogP contribution in [0.1, 0.15) is 6.42 Å². The predicted molar refractivity (Wildman–Crippen MR) is 107 cm³/mol. The number of H-pyrrole nitrogens is 1. The zero-order valence-electron chi connectivity index (χ0n) is 15.5. The number of halogens is 1. The van der Waals surface area contributed by atoms with Crippen molar-refractivity contribution < 1.29 is 18.7 Å². The second kappa shape index (κ2) is 6.66. The molecular formula is C19H16FN5O3S. The highest BCUT2D eigenvalue weighted by atomic mass is 32.1. The molecule has 0 radical (unpaired) electrons. The second-order valence-corrected chi connectivity index (χ2v) is 7.53. The Labute approximate surface area is 168 Å². The third-order valence-electron chi connectivity index (χ3n) is 4.91. The smallest absolute Gasteiger partial charge is 0.231 e. The van der Waals surface area contributed by atoms with E-state index in [0.717, 1.165) is 15.6 Å². The summed E-state index contributed by atoms with van der Waals surface area (Å²) in [4.78, 5) is 28.2. The molecule has 0 unspecified atom stereocenters. The Kier molecular flexibility index (Phi) is 4.09. The summed E-state index contributed by atoms with van der Waals surface area (Å²) in [6.45, 7) is 0. The van der Waals surface area contributed by atoms with Gasteiger partial charge in [0.05, 0.1) is 31.2 Å². The van der Waals surface area contributed by atoms with Crippen LogP contribution in [0.2, 0.25) is 0 Å². The van der Waals surface area contributed by atoms with E-state index >= 15 is 0 Å². The lowest BCUT2D eigenvalue weighted by molar-refractivity contribution is -0.117. The Bertz CT molecular complexity index is 1250. The molecule has 29 heavy (non-hydrogen) atoms. The van der Waals surface area contributed by atoms with Crippen LogP contribution in [0.3, 0.4) is 0 Å². The third kappa shape index (κ3) is 2.87. The van der Waals surface area contributed by atoms with Gasteiger partial charge in [0, 0.05) is 17.1 Å². The predicted octanol–water partition coefficient (Wildman–Crippen LogP) is 3.55. The summed E-state index contributed by atoms with van der Waals surface area (Å²) in [7, 11) is 3.13. The molecule has 1 fully saturated rings. The maximum atomic E-state index is 13.1. The van der Waals surface area contributed by atoms with Gasteiger partial charge in [-0.3, -0.25) is 4.79 Å². The Morgan fingerprint density at radius 1 is 1.31 bits per heavy atom. The highest BCUT2D eigenvalue weighted by Crippen LogP contribution is 2.45. The summed E-state index contributed by atoms with van der Waals surface area (Å²) in [6.07, 6.45) is 1.01. The highest BCUT2D eigenvalue weighted by molar-refractivity contribution is 7.17. The number of thiazole rings is 1. The first-order chi connectivity index (χ1) is 14.1. The van der Waals surface area contributed by atoms with Crippen molar-refractivity contribution in [1.29, 1.82) is 0 Å². The van der Waals surface area contributed by atoms with Crippen molar-refractivity contribution in [2.24, 2.45) is 5.92 Å². The maximum absolute atomic E-state index is 13.1. The van der Waals surface area contributed by atoms with Crippen molar-refractivity contribution in [3.8, 4) is 22.8 Å². The lowest BCUT2D eigenvalue weighted by Gasteiger charge is -2.12. The number of pyridine rings is 2. The standard InChI is InChI=1S/C19H16FN5O3S/c1-27-14-13(19(28-2)25-17-15(14)29-7-22-17)10-6-21-16-8(10)3-4-12(23-16)24-18(26)9-5-11(9)20/h3-4,6-7,9,11H,5H2,1-2H3,(H2,21,23,24,26)/t9-,11+/m1/s1. The molecule has 5 rings (SSSR count). The van der Waals surface area contributed by atoms with E-state index in [1.807, 2.05) is 6.07 Å². The number of carbonyl (C=O) groups excluding carboxylic acids is 1. The van der Waals surface area contributed by atoms with Crippen LogP contribution in [0.5, 0.6) is 11.6 Å². The summed E-state index contributed by atoms with van der Waals surface area (Å²) in [5.41, 5.74) is 4.32. The number of rotatable bonds is 5. The largest absolute Gasteiger partial charge is 0.494 e. The fourth-order valence-electron chi connectivity index (χ4n) is 3.35. The van der Waals surface area contributed by atoms with E-state index in [9.17, 15) is 9.18 Å². The van der Waals surface area contributed by atoms with Crippen LogP contribution in [0, 0.1) is 5.92 Å². The Morgan fingerprint density at radius 2 is 2.14 bits per heavy atom. The van der Waals surface area contributed by atoms with E-state index in [1.165, 1.54) is 11.3 Å². The van der Waals surface area contributed by atoms with Crippen molar-refractivity contribution in [2.45, 2.75) is 12.6 Å². The number of anilines is 1. The average Bonchev–Trinajstić information content (AvgIpc) is 3.11. The number of hydrogen-bond acceptors (Lipinski definition) is 7. The molecule has 2 N–H and O–H groups in total. The van der Waals surface area contributed by atoms with E-state index in [4.69, 9.17) is 9.47 Å². The minimum atomic E-state index is -1.05. The Hall–Kier alpha value is -3.27. The van der Waals surface area contributed by atoms with Crippen molar-refractivity contribution in [1.82, 2.24) is 19.9 Å². The third-order valence-corrected chi connectivity index (χ3v) is 5.72. The molecule has 8 nitrogen and oxygen atoms in total. The number of hydrogen-bond donors (Lipinski definition) is 2. The van der Waals surface area contributed by atoms with Gasteiger partial charge in [-0.25, -0.2) is 14.4 Å². The van der Waals surface area contributed by atoms with Gasteiger partial charge in [0.25, 0.3) is 0 Å². The van der Waals surface area contributed by atoms with Crippen LogP contribution in [0.25, 0.3) is 32.5 Å². The van der Waals surface area contributed by atoms with Crippen molar-refractivity contribution in [3.05, 3.63) is 23.8 Å². The molecule has 0 saturated heterocycles. The van der Waals surface area contributed by atoms with Gasteiger partial charge < -0.3 is 19.8 Å². The summed E-state index contributed by atoms with van der Waals surface area (Å²) in [6, 6.07) is 3.52. The zero-order valence-corrected chi connectivity index (χ0v) is 16.3. The van der Waals surface area contributed by atoms with E-state index in [2.05, 4.69) is 25.3 Å². The average molecular weight is 413 g/mol. The van der Waals surface area contributed by atoms with E-state index in [1.54, 1.807) is 32.0 Å². The number of amides is 1. The minimum absolute atomic E-state index is 0.271. The fraction of sp³-hybridized carbons (Fsp3) is 0.263. The molecule has 4 heterocycles. The molecule has 1 aliphatic rings. The number of carbonyl (C=O) groups is 1. The summed E-state index contributed by atoms with van der Waals surface area (Å²) in [5.74, 6) is 0.457. The first-order valence-electron chi connectivity index (χ1n) is 8.89. The summed E-state index contributed by atoms with van der Waals surface area (Å²) < 4.78 is 25.1. The fourth-order valence-corrected chi connectivity index (χ4v) is 4.11. The number of nitrogens with one attached hydrogen (secondary N) is 2. The van der Waals surface area contributed by atoms with Gasteiger partial charge in [-0.2, -0.15) is 4.98 Å². The molecule has 0 bridgehead atoms. The van der Waals surface area contributed by atoms with Crippen LogP contribution in [-0.2, 0) is 4.79 Å². The molecular weight excluding hydrogens is 397 g/mol. The highest BCUT2D eigenvalue weighted by Gasteiger charge is 2.43. The number of ether oxygens (including phenoxy) is 2. The number of fused-ring (bicyclic) bond motifs is 2. The molecule has 4 aromatic heterocycles. The Balaban J connectivity index is 1.60. The van der Waals surface area contributed by atoms with Gasteiger partial charge in [-0.15, -0.1) is 11.3 Å². The first-order valence-corrected chi connectivity index (χ1v) is 9.77. The van der Waals surface area contributed by atoms with Crippen molar-refractivity contribution >= 4 is 44.4 Å². The molecule has 0 aromatic carbocycles. The van der Waals surface area contributed by atoms with Crippen molar-refractivity contribution in [2.75, 3.05) is 19.5 Å². The van der Waals surface area contributed by atoms with Crippen LogP contribution < -0.4 is 14.8 Å². The first kappa shape index (κ1) is 17.8. The van der Waals surface area contributed by atoms with Gasteiger partial charge in [0.15, 0.2) is 11.4 Å². The lowest BCUT2D eigenvalue weighted by Crippen LogP contribution is -2.15. The van der Waals surface area contributed by atoms with Crippen LogP contribution in [0.4, 0.5) is 10.2 Å². The number of alkyl halides is 1. The molecule has 1 saturated carbocycles. The van der Waals surface area contributed by atoms with E-state index < -0.39 is 12.1 Å². The molecule has 148 valence electrons. The number of nitrogens with zero attached hydrogens (tertiary/aromatic N) is 3. The van der Waals surface area contributed by atoms with Crippen molar-refractivity contribution in [3.63, 3.8) is 0 Å². The van der Waals surface area contributed by atoms with Gasteiger partial charge in [0.1, 0.15) is 22.3 Å². The van der Waals surface area contributed by atoms with Crippen LogP contribution >= 0.6 is 11.3 Å². The molecule has 10 heteroatoms. The maximum Gasteiger partial charge on any atom is 0.231 e. The molecule has 1 aliphatic carbocycles. The molecule has 2 atom stereocenters. The van der Waals surface area contributed by atoms with E-state index in [-0.39, 0.29) is 12.3 Å². The normalized spacial score (nSPS) is 18.2. The second-order valence-electron chi connectivity index (χ2n) is 6.68. The zero-order chi connectivity index (χ0) is 20.1. The quantitative estimate of drug-likeness (QED) is 0.519.